The van der Waals surface area contributed by atoms with Crippen LogP contribution in [0.15, 0.2) is 30.5 Å². The average molecular weight is 189 g/mol. The molecule has 0 aliphatic rings. The summed E-state index contributed by atoms with van der Waals surface area (Å²) in [4.78, 5) is 0. The van der Waals surface area contributed by atoms with E-state index in [-0.39, 0.29) is 6.61 Å². The van der Waals surface area contributed by atoms with Crippen molar-refractivity contribution >= 4 is 10.9 Å². The number of aliphatic hydroxyl groups is 1. The van der Waals surface area contributed by atoms with Crippen molar-refractivity contribution in [1.82, 2.24) is 10.2 Å². The number of hydrogen-bond donors (Lipinski definition) is 2. The first kappa shape index (κ1) is 9.05. The summed E-state index contributed by atoms with van der Waals surface area (Å²) in [6, 6.07) is 7.21. The molecular weight excluding hydrogens is 178 g/mol. The highest BCUT2D eigenvalue weighted by atomic mass is 16.3. The summed E-state index contributed by atoms with van der Waals surface area (Å²) >= 11 is 0. The average Bonchev–Trinajstić information content (AvgIpc) is 2.27. The minimum absolute atomic E-state index is 0.0876. The highest BCUT2D eigenvalue weighted by Gasteiger charge is 2.09. The zero-order chi connectivity index (χ0) is 9.97. The molecule has 3 N–H and O–H groups in total. The summed E-state index contributed by atoms with van der Waals surface area (Å²) in [5.74, 6) is 0. The normalized spacial score (nSPS) is 13.0. The smallest absolute Gasteiger partial charge is 0.0933 e. The molecule has 1 aromatic carbocycles. The molecule has 0 aliphatic heterocycles. The van der Waals surface area contributed by atoms with Gasteiger partial charge in [-0.1, -0.05) is 18.2 Å². The van der Waals surface area contributed by atoms with Crippen molar-refractivity contribution in [2.24, 2.45) is 5.73 Å². The largest absolute Gasteiger partial charge is 0.394 e. The van der Waals surface area contributed by atoms with E-state index >= 15 is 0 Å². The van der Waals surface area contributed by atoms with Gasteiger partial charge in [-0.25, -0.2) is 0 Å². The third-order valence-corrected chi connectivity index (χ3v) is 2.17. The number of aliphatic hydroxyl groups excluding tert-OH is 1. The van der Waals surface area contributed by atoms with E-state index in [0.29, 0.717) is 0 Å². The summed E-state index contributed by atoms with van der Waals surface area (Å²) in [5.41, 5.74) is 7.37. The molecule has 4 nitrogen and oxygen atoms in total. The van der Waals surface area contributed by atoms with Crippen LogP contribution < -0.4 is 5.73 Å². The predicted octanol–water partition coefficient (Wildman–Crippen LogP) is 0.622. The molecule has 0 amide bonds. The highest BCUT2D eigenvalue weighted by Crippen LogP contribution is 2.19. The number of aromatic nitrogens is 2. The van der Waals surface area contributed by atoms with E-state index in [0.717, 1.165) is 16.5 Å². The molecule has 0 fully saturated rings. The van der Waals surface area contributed by atoms with Crippen molar-refractivity contribution in [2.75, 3.05) is 6.61 Å². The Morgan fingerprint density at radius 2 is 2.14 bits per heavy atom. The van der Waals surface area contributed by atoms with Gasteiger partial charge in [0.05, 0.1) is 24.4 Å². The lowest BCUT2D eigenvalue weighted by Crippen LogP contribution is -2.15. The molecule has 1 unspecified atom stereocenters. The molecule has 0 saturated heterocycles. The monoisotopic (exact) mass is 189 g/mol. The number of fused-ring (bicyclic) bond motifs is 1. The Balaban J connectivity index is 2.65. The SMILES string of the molecule is NC(CO)c1cnnc2ccccc12. The van der Waals surface area contributed by atoms with Gasteiger partial charge in [-0.05, 0) is 6.07 Å². The summed E-state index contributed by atoms with van der Waals surface area (Å²) in [6.45, 7) is -0.0876. The lowest BCUT2D eigenvalue weighted by Gasteiger charge is -2.09. The zero-order valence-electron chi connectivity index (χ0n) is 7.59. The maximum absolute atomic E-state index is 8.97. The molecule has 0 radical (unpaired) electrons. The Labute approximate surface area is 81.4 Å². The standard InChI is InChI=1S/C10H11N3O/c11-9(6-14)8-5-12-13-10-4-2-1-3-7(8)10/h1-5,9,14H,6,11H2. The van der Waals surface area contributed by atoms with E-state index in [9.17, 15) is 0 Å². The third kappa shape index (κ3) is 1.45. The van der Waals surface area contributed by atoms with Crippen LogP contribution in [0.5, 0.6) is 0 Å². The maximum atomic E-state index is 8.97. The van der Waals surface area contributed by atoms with E-state index in [2.05, 4.69) is 10.2 Å². The molecular formula is C10H11N3O. The van der Waals surface area contributed by atoms with E-state index in [4.69, 9.17) is 10.8 Å². The maximum Gasteiger partial charge on any atom is 0.0933 e. The summed E-state index contributed by atoms with van der Waals surface area (Å²) < 4.78 is 0. The summed E-state index contributed by atoms with van der Waals surface area (Å²) in [5, 5.41) is 17.7. The number of rotatable bonds is 2. The van der Waals surface area contributed by atoms with E-state index in [1.807, 2.05) is 24.3 Å². The van der Waals surface area contributed by atoms with Crippen LogP contribution in [0.1, 0.15) is 11.6 Å². The molecule has 72 valence electrons. The van der Waals surface area contributed by atoms with Crippen molar-refractivity contribution in [1.29, 1.82) is 0 Å². The van der Waals surface area contributed by atoms with Gasteiger partial charge in [0.2, 0.25) is 0 Å². The van der Waals surface area contributed by atoms with E-state index < -0.39 is 6.04 Å². The van der Waals surface area contributed by atoms with Gasteiger partial charge in [0.1, 0.15) is 0 Å². The molecule has 4 heteroatoms. The minimum Gasteiger partial charge on any atom is -0.394 e. The molecule has 1 aromatic heterocycles. The predicted molar refractivity (Wildman–Crippen MR) is 53.6 cm³/mol. The van der Waals surface area contributed by atoms with Crippen LogP contribution in [0.3, 0.4) is 0 Å². The van der Waals surface area contributed by atoms with Crippen LogP contribution in [-0.2, 0) is 0 Å². The number of nitrogens with zero attached hydrogens (tertiary/aromatic N) is 2. The third-order valence-electron chi connectivity index (χ3n) is 2.17. The van der Waals surface area contributed by atoms with Gasteiger partial charge in [-0.15, -0.1) is 0 Å². The van der Waals surface area contributed by atoms with Crippen molar-refractivity contribution in [2.45, 2.75) is 6.04 Å². The number of benzene rings is 1. The number of hydrogen-bond acceptors (Lipinski definition) is 4. The van der Waals surface area contributed by atoms with Crippen LogP contribution in [0, 0.1) is 0 Å². The van der Waals surface area contributed by atoms with Gasteiger partial charge in [-0.3, -0.25) is 0 Å². The molecule has 0 spiro atoms. The first-order valence-corrected chi connectivity index (χ1v) is 4.39. The van der Waals surface area contributed by atoms with Crippen LogP contribution in [0.4, 0.5) is 0 Å². The topological polar surface area (TPSA) is 72.0 Å². The number of nitrogens with two attached hydrogens (primary N) is 1. The second-order valence-corrected chi connectivity index (χ2v) is 3.11. The summed E-state index contributed by atoms with van der Waals surface area (Å²) in [7, 11) is 0. The van der Waals surface area contributed by atoms with Crippen LogP contribution >= 0.6 is 0 Å². The van der Waals surface area contributed by atoms with Gasteiger partial charge >= 0.3 is 0 Å². The molecule has 1 heterocycles. The lowest BCUT2D eigenvalue weighted by molar-refractivity contribution is 0.268. The molecule has 2 aromatic rings. The van der Waals surface area contributed by atoms with Crippen molar-refractivity contribution < 1.29 is 5.11 Å². The zero-order valence-corrected chi connectivity index (χ0v) is 7.59. The Morgan fingerprint density at radius 3 is 2.93 bits per heavy atom. The fraction of sp³-hybridized carbons (Fsp3) is 0.200. The van der Waals surface area contributed by atoms with Crippen LogP contribution in [0.2, 0.25) is 0 Å². The Hall–Kier alpha value is -1.52. The quantitative estimate of drug-likeness (QED) is 0.726. The minimum atomic E-state index is -0.393. The van der Waals surface area contributed by atoms with Gasteiger partial charge in [-0.2, -0.15) is 10.2 Å². The van der Waals surface area contributed by atoms with Gasteiger partial charge in [0, 0.05) is 10.9 Å². The van der Waals surface area contributed by atoms with Crippen LogP contribution in [0.25, 0.3) is 10.9 Å². The van der Waals surface area contributed by atoms with Crippen molar-refractivity contribution in [3.8, 4) is 0 Å². The highest BCUT2D eigenvalue weighted by molar-refractivity contribution is 5.81. The molecule has 2 rings (SSSR count). The Kier molecular flexibility index (Phi) is 2.39. The first-order chi connectivity index (χ1) is 6.83. The molecule has 1 atom stereocenters. The van der Waals surface area contributed by atoms with Gasteiger partial charge in [0.15, 0.2) is 0 Å². The fourth-order valence-electron chi connectivity index (χ4n) is 1.42. The molecule has 0 bridgehead atoms. The van der Waals surface area contributed by atoms with E-state index in [1.165, 1.54) is 0 Å². The molecule has 14 heavy (non-hydrogen) atoms. The Bertz CT molecular complexity index is 439. The first-order valence-electron chi connectivity index (χ1n) is 4.39. The Morgan fingerprint density at radius 1 is 1.36 bits per heavy atom. The molecule has 0 saturated carbocycles. The fourth-order valence-corrected chi connectivity index (χ4v) is 1.42. The second-order valence-electron chi connectivity index (χ2n) is 3.11. The van der Waals surface area contributed by atoms with Crippen molar-refractivity contribution in [3.05, 3.63) is 36.0 Å². The van der Waals surface area contributed by atoms with Gasteiger partial charge in [0.25, 0.3) is 0 Å². The van der Waals surface area contributed by atoms with Crippen molar-refractivity contribution in [3.63, 3.8) is 0 Å². The van der Waals surface area contributed by atoms with E-state index in [1.54, 1.807) is 6.20 Å². The summed E-state index contributed by atoms with van der Waals surface area (Å²) in [6.07, 6.45) is 1.60. The van der Waals surface area contributed by atoms with Crippen LogP contribution in [-0.4, -0.2) is 21.9 Å². The van der Waals surface area contributed by atoms with Gasteiger partial charge < -0.3 is 10.8 Å². The molecule has 0 aliphatic carbocycles. The lowest BCUT2D eigenvalue weighted by atomic mass is 10.1. The second kappa shape index (κ2) is 3.69.